The van der Waals surface area contributed by atoms with E-state index < -0.39 is 0 Å². The van der Waals surface area contributed by atoms with E-state index in [0.717, 1.165) is 22.7 Å². The minimum Gasteiger partial charge on any atom is -0.274 e. The zero-order chi connectivity index (χ0) is 18.9. The Balaban J connectivity index is 1.51. The van der Waals surface area contributed by atoms with Crippen molar-refractivity contribution in [3.63, 3.8) is 0 Å². The fourth-order valence-electron chi connectivity index (χ4n) is 2.18. The molecule has 3 aromatic rings. The molecule has 2 aromatic carbocycles. The summed E-state index contributed by atoms with van der Waals surface area (Å²) in [7, 11) is 0. The molecule has 5 nitrogen and oxygen atoms in total. The zero-order valence-electron chi connectivity index (χ0n) is 14.8. The molecule has 7 heteroatoms. The van der Waals surface area contributed by atoms with E-state index in [1.807, 2.05) is 25.1 Å². The molecule has 138 valence electrons. The lowest BCUT2D eigenvalue weighted by molar-refractivity contribution is 0.0581. The summed E-state index contributed by atoms with van der Waals surface area (Å²) in [6.45, 7) is 2.18. The van der Waals surface area contributed by atoms with Crippen molar-refractivity contribution in [2.75, 3.05) is 0 Å². The van der Waals surface area contributed by atoms with Crippen LogP contribution in [0.3, 0.4) is 0 Å². The fourth-order valence-corrected chi connectivity index (χ4v) is 2.93. The lowest BCUT2D eigenvalue weighted by Gasteiger charge is -2.04. The minimum absolute atomic E-state index is 0.265. The van der Waals surface area contributed by atoms with Crippen LogP contribution in [0.25, 0.3) is 6.08 Å². The summed E-state index contributed by atoms with van der Waals surface area (Å²) < 4.78 is 12.9. The average molecular weight is 382 g/mol. The summed E-state index contributed by atoms with van der Waals surface area (Å²) in [6.07, 6.45) is 3.42. The smallest absolute Gasteiger partial charge is 0.209 e. The number of thioether (sulfide) groups is 1. The second-order valence-electron chi connectivity index (χ2n) is 5.71. The molecular weight excluding hydrogens is 363 g/mol. The van der Waals surface area contributed by atoms with Gasteiger partial charge in [0, 0.05) is 12.0 Å². The van der Waals surface area contributed by atoms with Crippen LogP contribution in [-0.2, 0) is 17.2 Å². The molecule has 27 heavy (non-hydrogen) atoms. The van der Waals surface area contributed by atoms with E-state index in [4.69, 9.17) is 4.84 Å². The zero-order valence-corrected chi connectivity index (χ0v) is 15.6. The minimum atomic E-state index is -0.265. The quantitative estimate of drug-likeness (QED) is 0.356. The predicted octanol–water partition coefficient (Wildman–Crippen LogP) is 4.30. The first-order valence-corrected chi connectivity index (χ1v) is 9.35. The molecule has 3 rings (SSSR count). The molecule has 0 saturated carbocycles. The van der Waals surface area contributed by atoms with Gasteiger partial charge in [-0.15, -0.1) is 5.10 Å². The van der Waals surface area contributed by atoms with Gasteiger partial charge in [-0.25, -0.2) is 9.37 Å². The molecule has 0 unspecified atom stereocenters. The van der Waals surface area contributed by atoms with Crippen LogP contribution in [0.15, 0.2) is 66.0 Å². The number of aromatic nitrogens is 3. The molecule has 0 atom stereocenters. The Hall–Kier alpha value is -2.77. The van der Waals surface area contributed by atoms with Crippen molar-refractivity contribution >= 4 is 17.8 Å². The van der Waals surface area contributed by atoms with Crippen LogP contribution in [0, 0.1) is 12.7 Å². The maximum Gasteiger partial charge on any atom is 0.209 e. The second-order valence-corrected chi connectivity index (χ2v) is 6.65. The van der Waals surface area contributed by atoms with Crippen LogP contribution in [-0.4, -0.2) is 15.2 Å². The number of hydroxylamine groups is 1. The van der Waals surface area contributed by atoms with E-state index >= 15 is 0 Å². The third kappa shape index (κ3) is 6.16. The van der Waals surface area contributed by atoms with Gasteiger partial charge in [0.25, 0.3) is 0 Å². The van der Waals surface area contributed by atoms with E-state index in [-0.39, 0.29) is 5.82 Å². The summed E-state index contributed by atoms with van der Waals surface area (Å²) in [5.74, 6) is 0.521. The Morgan fingerprint density at radius 3 is 2.59 bits per heavy atom. The molecule has 0 saturated heterocycles. The highest BCUT2D eigenvalue weighted by atomic mass is 32.2. The molecule has 0 spiro atoms. The van der Waals surface area contributed by atoms with Crippen LogP contribution in [0.1, 0.15) is 22.5 Å². The number of aryl methyl sites for hydroxylation is 1. The first-order chi connectivity index (χ1) is 13.2. The third-order valence-electron chi connectivity index (χ3n) is 3.63. The Labute approximate surface area is 161 Å². The predicted molar refractivity (Wildman–Crippen MR) is 104 cm³/mol. The summed E-state index contributed by atoms with van der Waals surface area (Å²) in [5, 5.41) is 8.91. The Morgan fingerprint density at radius 1 is 1.04 bits per heavy atom. The van der Waals surface area contributed by atoms with Crippen molar-refractivity contribution in [3.05, 3.63) is 89.1 Å². The van der Waals surface area contributed by atoms with Crippen LogP contribution >= 0.6 is 11.8 Å². The Bertz CT molecular complexity index is 888. The highest BCUT2D eigenvalue weighted by molar-refractivity contribution is 7.98. The van der Waals surface area contributed by atoms with Crippen molar-refractivity contribution in [1.82, 2.24) is 20.7 Å². The van der Waals surface area contributed by atoms with Crippen molar-refractivity contribution in [3.8, 4) is 0 Å². The number of benzene rings is 2. The molecular formula is C20H19FN4OS. The molecule has 1 aromatic heterocycles. The topological polar surface area (TPSA) is 59.9 Å². The van der Waals surface area contributed by atoms with E-state index in [1.54, 1.807) is 24.4 Å². The van der Waals surface area contributed by atoms with E-state index in [9.17, 15) is 4.39 Å². The van der Waals surface area contributed by atoms with Gasteiger partial charge in [0.05, 0.1) is 18.0 Å². The van der Waals surface area contributed by atoms with Gasteiger partial charge in [-0.3, -0.25) is 10.3 Å². The number of nitrogens with one attached hydrogen (secondary N) is 1. The molecule has 0 aliphatic rings. The molecule has 1 heterocycles. The van der Waals surface area contributed by atoms with Crippen LogP contribution in [0.2, 0.25) is 0 Å². The number of rotatable bonds is 8. The average Bonchev–Trinajstić information content (AvgIpc) is 2.70. The largest absolute Gasteiger partial charge is 0.274 e. The van der Waals surface area contributed by atoms with Gasteiger partial charge in [-0.05, 0) is 36.3 Å². The maximum atomic E-state index is 12.9. The van der Waals surface area contributed by atoms with Gasteiger partial charge in [-0.2, -0.15) is 5.10 Å². The molecule has 0 aliphatic heterocycles. The van der Waals surface area contributed by atoms with Gasteiger partial charge in [0.2, 0.25) is 5.16 Å². The molecule has 0 aliphatic carbocycles. The second kappa shape index (κ2) is 9.80. The number of halogens is 1. The Kier molecular flexibility index (Phi) is 6.90. The third-order valence-corrected chi connectivity index (χ3v) is 4.54. The van der Waals surface area contributed by atoms with Gasteiger partial charge in [-0.1, -0.05) is 54.2 Å². The number of hydrogen-bond acceptors (Lipinski definition) is 6. The van der Waals surface area contributed by atoms with E-state index in [1.165, 1.54) is 29.5 Å². The SMILES string of the molecule is Cc1nnc(SCc2ccccc2)nc1C=CNOCc1ccc(F)cc1. The highest BCUT2D eigenvalue weighted by Crippen LogP contribution is 2.19. The molecule has 1 N–H and O–H groups in total. The fraction of sp³-hybridized carbons (Fsp3) is 0.150. The monoisotopic (exact) mass is 382 g/mol. The van der Waals surface area contributed by atoms with Crippen molar-refractivity contribution < 1.29 is 9.23 Å². The van der Waals surface area contributed by atoms with Crippen LogP contribution in [0.5, 0.6) is 0 Å². The van der Waals surface area contributed by atoms with Crippen LogP contribution in [0.4, 0.5) is 4.39 Å². The van der Waals surface area contributed by atoms with Crippen LogP contribution < -0.4 is 5.48 Å². The summed E-state index contributed by atoms with van der Waals surface area (Å²) in [6, 6.07) is 16.3. The summed E-state index contributed by atoms with van der Waals surface area (Å²) in [5.41, 5.74) is 6.27. The first kappa shape index (κ1) is 19.0. The lowest BCUT2D eigenvalue weighted by Crippen LogP contribution is -2.06. The van der Waals surface area contributed by atoms with Crippen molar-refractivity contribution in [2.45, 2.75) is 24.4 Å². The summed E-state index contributed by atoms with van der Waals surface area (Å²) in [4.78, 5) is 9.85. The Morgan fingerprint density at radius 2 is 1.81 bits per heavy atom. The first-order valence-electron chi connectivity index (χ1n) is 8.37. The van der Waals surface area contributed by atoms with Gasteiger partial charge >= 0.3 is 0 Å². The number of hydrogen-bond donors (Lipinski definition) is 1. The molecule has 0 radical (unpaired) electrons. The van der Waals surface area contributed by atoms with Crippen molar-refractivity contribution in [1.29, 1.82) is 0 Å². The van der Waals surface area contributed by atoms with E-state index in [0.29, 0.717) is 11.8 Å². The van der Waals surface area contributed by atoms with Gasteiger partial charge in [0.15, 0.2) is 0 Å². The molecule has 0 bridgehead atoms. The number of nitrogens with zero attached hydrogens (tertiary/aromatic N) is 3. The molecule has 0 fully saturated rings. The summed E-state index contributed by atoms with van der Waals surface area (Å²) >= 11 is 1.54. The van der Waals surface area contributed by atoms with E-state index in [2.05, 4.69) is 32.8 Å². The highest BCUT2D eigenvalue weighted by Gasteiger charge is 2.04. The lowest BCUT2D eigenvalue weighted by atomic mass is 10.2. The van der Waals surface area contributed by atoms with Crippen molar-refractivity contribution in [2.24, 2.45) is 0 Å². The maximum absolute atomic E-state index is 12.9. The van der Waals surface area contributed by atoms with Gasteiger partial charge in [0.1, 0.15) is 5.82 Å². The standard InChI is InChI=1S/C20H19FN4OS/c1-15-19(11-12-22-26-13-16-7-9-18(21)10-8-16)23-20(25-24-15)27-14-17-5-3-2-4-6-17/h2-12,22H,13-14H2,1H3. The van der Waals surface area contributed by atoms with Gasteiger partial charge < -0.3 is 0 Å². The molecule has 0 amide bonds. The normalized spacial score (nSPS) is 11.0.